The molecule has 0 radical (unpaired) electrons. The van der Waals surface area contributed by atoms with Crippen molar-refractivity contribution in [1.29, 1.82) is 0 Å². The number of fused-ring (bicyclic) bond motifs is 9. The minimum absolute atomic E-state index is 0.856. The van der Waals surface area contributed by atoms with Gasteiger partial charge in [-0.1, -0.05) is 140 Å². The molecule has 9 aromatic carbocycles. The Bertz CT molecular complexity index is 3170. The fraction of sp³-hybridized carbons (Fsp3) is 0. The van der Waals surface area contributed by atoms with Crippen LogP contribution in [0.15, 0.2) is 197 Å². The number of para-hydroxylation sites is 2. The molecule has 0 spiro atoms. The van der Waals surface area contributed by atoms with Crippen LogP contribution >= 0.6 is 0 Å². The summed E-state index contributed by atoms with van der Waals surface area (Å²) in [5.74, 6) is 0. The number of hydrogen-bond donors (Lipinski definition) is 0. The average molecular weight is 678 g/mol. The quantitative estimate of drug-likeness (QED) is 0.182. The number of anilines is 3. The van der Waals surface area contributed by atoms with Gasteiger partial charge < -0.3 is 13.7 Å². The molecule has 0 bridgehead atoms. The number of nitrogens with zero attached hydrogens (tertiary/aromatic N) is 1. The van der Waals surface area contributed by atoms with Crippen LogP contribution in [0, 0.1) is 0 Å². The zero-order valence-electron chi connectivity index (χ0n) is 28.7. The maximum Gasteiger partial charge on any atom is 0.159 e. The normalized spacial score (nSPS) is 11.8. The molecule has 3 heteroatoms. The summed E-state index contributed by atoms with van der Waals surface area (Å²) in [7, 11) is 0. The lowest BCUT2D eigenvalue weighted by Crippen LogP contribution is -2.11. The van der Waals surface area contributed by atoms with Gasteiger partial charge in [0.25, 0.3) is 0 Å². The van der Waals surface area contributed by atoms with Crippen molar-refractivity contribution in [1.82, 2.24) is 0 Å². The van der Waals surface area contributed by atoms with Gasteiger partial charge >= 0.3 is 0 Å². The monoisotopic (exact) mass is 677 g/mol. The lowest BCUT2D eigenvalue weighted by molar-refractivity contribution is 0.669. The first-order chi connectivity index (χ1) is 26.3. The van der Waals surface area contributed by atoms with Crippen molar-refractivity contribution < 1.29 is 8.83 Å². The van der Waals surface area contributed by atoms with Crippen LogP contribution in [-0.4, -0.2) is 0 Å². The molecule has 0 aliphatic rings. The molecular formula is C50H31NO2. The second-order valence-corrected chi connectivity index (χ2v) is 13.7. The molecule has 0 aliphatic heterocycles. The molecule has 0 saturated heterocycles. The Morgan fingerprint density at radius 3 is 1.85 bits per heavy atom. The van der Waals surface area contributed by atoms with E-state index in [1.54, 1.807) is 0 Å². The Morgan fingerprint density at radius 2 is 0.981 bits per heavy atom. The van der Waals surface area contributed by atoms with Gasteiger partial charge in [0.1, 0.15) is 16.7 Å². The first-order valence-electron chi connectivity index (χ1n) is 18.0. The molecule has 0 atom stereocenters. The predicted molar refractivity (Wildman–Crippen MR) is 222 cm³/mol. The van der Waals surface area contributed by atoms with E-state index in [0.29, 0.717) is 0 Å². The van der Waals surface area contributed by atoms with Crippen molar-refractivity contribution in [3.05, 3.63) is 188 Å². The second-order valence-electron chi connectivity index (χ2n) is 13.7. The summed E-state index contributed by atoms with van der Waals surface area (Å²) in [5.41, 5.74) is 11.3. The molecule has 0 N–H and O–H groups in total. The summed E-state index contributed by atoms with van der Waals surface area (Å²) in [6, 6.07) is 66.7. The van der Waals surface area contributed by atoms with Crippen LogP contribution in [0.25, 0.3) is 87.7 Å². The summed E-state index contributed by atoms with van der Waals surface area (Å²) < 4.78 is 13.2. The van der Waals surface area contributed by atoms with E-state index in [-0.39, 0.29) is 0 Å². The Morgan fingerprint density at radius 1 is 0.321 bits per heavy atom. The number of hydrogen-bond acceptors (Lipinski definition) is 3. The van der Waals surface area contributed by atoms with Crippen molar-refractivity contribution in [2.75, 3.05) is 4.90 Å². The molecule has 11 aromatic rings. The van der Waals surface area contributed by atoms with Gasteiger partial charge in [0.2, 0.25) is 0 Å². The molecule has 0 aliphatic carbocycles. The third-order valence-electron chi connectivity index (χ3n) is 10.7. The van der Waals surface area contributed by atoms with Crippen molar-refractivity contribution >= 4 is 82.5 Å². The average Bonchev–Trinajstić information content (AvgIpc) is 3.80. The topological polar surface area (TPSA) is 29.5 Å². The summed E-state index contributed by atoms with van der Waals surface area (Å²) >= 11 is 0. The van der Waals surface area contributed by atoms with Crippen LogP contribution in [0.2, 0.25) is 0 Å². The minimum atomic E-state index is 0.856. The zero-order chi connectivity index (χ0) is 34.9. The van der Waals surface area contributed by atoms with E-state index in [1.807, 2.05) is 12.1 Å². The van der Waals surface area contributed by atoms with Crippen molar-refractivity contribution in [3.8, 4) is 22.3 Å². The van der Waals surface area contributed by atoms with Gasteiger partial charge in [-0.05, 0) is 81.6 Å². The third kappa shape index (κ3) is 4.68. The van der Waals surface area contributed by atoms with E-state index in [9.17, 15) is 0 Å². The molecule has 11 rings (SSSR count). The summed E-state index contributed by atoms with van der Waals surface area (Å²) in [6.45, 7) is 0. The fourth-order valence-corrected chi connectivity index (χ4v) is 8.15. The van der Waals surface area contributed by atoms with Gasteiger partial charge in [-0.2, -0.15) is 0 Å². The van der Waals surface area contributed by atoms with E-state index in [2.05, 4.69) is 181 Å². The smallest absolute Gasteiger partial charge is 0.159 e. The van der Waals surface area contributed by atoms with Crippen LogP contribution in [0.4, 0.5) is 17.1 Å². The molecule has 0 amide bonds. The van der Waals surface area contributed by atoms with Crippen LogP contribution in [-0.2, 0) is 0 Å². The molecule has 0 fully saturated rings. The van der Waals surface area contributed by atoms with E-state index in [4.69, 9.17) is 8.83 Å². The van der Waals surface area contributed by atoms with E-state index < -0.39 is 0 Å². The van der Waals surface area contributed by atoms with Crippen LogP contribution < -0.4 is 4.90 Å². The van der Waals surface area contributed by atoms with Crippen molar-refractivity contribution in [2.45, 2.75) is 0 Å². The SMILES string of the molecule is c1ccc(-c2ccc(N(c3ccc(-c4ccc5c(c4)oc4ccccc45)cc3)c3cccc4c3oc3c5ccccc5ccc43)c3ccccc23)cc1. The second kappa shape index (κ2) is 11.7. The van der Waals surface area contributed by atoms with E-state index >= 15 is 0 Å². The molecule has 3 nitrogen and oxygen atoms in total. The fourth-order valence-electron chi connectivity index (χ4n) is 8.15. The van der Waals surface area contributed by atoms with Crippen molar-refractivity contribution in [2.24, 2.45) is 0 Å². The summed E-state index contributed by atoms with van der Waals surface area (Å²) in [4.78, 5) is 2.36. The maximum absolute atomic E-state index is 6.93. The van der Waals surface area contributed by atoms with Gasteiger partial charge in [0, 0.05) is 38.0 Å². The number of rotatable bonds is 5. The molecule has 53 heavy (non-hydrogen) atoms. The highest BCUT2D eigenvalue weighted by molar-refractivity contribution is 6.18. The summed E-state index contributed by atoms with van der Waals surface area (Å²) in [5, 5.41) is 9.10. The zero-order valence-corrected chi connectivity index (χ0v) is 28.7. The van der Waals surface area contributed by atoms with Gasteiger partial charge in [-0.25, -0.2) is 0 Å². The van der Waals surface area contributed by atoms with Crippen LogP contribution in [0.3, 0.4) is 0 Å². The Kier molecular flexibility index (Phi) is 6.55. The van der Waals surface area contributed by atoms with Crippen LogP contribution in [0.1, 0.15) is 0 Å². The Labute approximate surface area is 305 Å². The minimum Gasteiger partial charge on any atom is -0.456 e. The highest BCUT2D eigenvalue weighted by atomic mass is 16.3. The maximum atomic E-state index is 6.93. The summed E-state index contributed by atoms with van der Waals surface area (Å²) in [6.07, 6.45) is 0. The number of furan rings is 2. The molecule has 0 saturated carbocycles. The van der Waals surface area contributed by atoms with Gasteiger partial charge in [0.05, 0.1) is 11.4 Å². The lowest BCUT2D eigenvalue weighted by Gasteiger charge is -2.27. The highest BCUT2D eigenvalue weighted by Crippen LogP contribution is 2.47. The van der Waals surface area contributed by atoms with Gasteiger partial charge in [0.15, 0.2) is 5.58 Å². The highest BCUT2D eigenvalue weighted by Gasteiger charge is 2.22. The molecule has 248 valence electrons. The molecule has 2 heterocycles. The first-order valence-corrected chi connectivity index (χ1v) is 18.0. The predicted octanol–water partition coefficient (Wildman–Crippen LogP) is 14.6. The third-order valence-corrected chi connectivity index (χ3v) is 10.7. The van der Waals surface area contributed by atoms with Gasteiger partial charge in [-0.3, -0.25) is 0 Å². The van der Waals surface area contributed by atoms with E-state index in [1.165, 1.54) is 16.5 Å². The van der Waals surface area contributed by atoms with Crippen molar-refractivity contribution in [3.63, 3.8) is 0 Å². The van der Waals surface area contributed by atoms with Crippen LogP contribution in [0.5, 0.6) is 0 Å². The Balaban J connectivity index is 1.12. The van der Waals surface area contributed by atoms with E-state index in [0.717, 1.165) is 88.2 Å². The largest absolute Gasteiger partial charge is 0.456 e. The first kappa shape index (κ1) is 29.6. The lowest BCUT2D eigenvalue weighted by atomic mass is 9.96. The Hall–Kier alpha value is -7.10. The molecular weight excluding hydrogens is 647 g/mol. The van der Waals surface area contributed by atoms with Gasteiger partial charge in [-0.15, -0.1) is 0 Å². The standard InChI is InChI=1S/C50H31NO2/c1-2-11-33(12-3-1)37-29-30-45(40-16-7-6-15-39(37)40)51(46-19-10-18-43-44-28-23-34-13-4-5-14-38(34)49(44)53-50(43)46)36-25-21-32(22-26-36)35-24-27-42-41-17-8-9-20-47(41)52-48(42)31-35/h1-31H. The molecule has 0 unspecified atom stereocenters. The number of benzene rings is 9. The molecule has 2 aromatic heterocycles.